The number of likely N-dealkylation sites (N-methyl/N-ethyl adjacent to an activating group) is 1. The molecule has 0 atom stereocenters. The first-order valence-electron chi connectivity index (χ1n) is 6.96. The van der Waals surface area contributed by atoms with Gasteiger partial charge in [0.25, 0.3) is 5.56 Å². The summed E-state index contributed by atoms with van der Waals surface area (Å²) in [4.78, 5) is 30.2. The molecule has 1 aromatic carbocycles. The highest BCUT2D eigenvalue weighted by atomic mass is 19.1. The van der Waals surface area contributed by atoms with Crippen LogP contribution in [0, 0.1) is 5.82 Å². The highest BCUT2D eigenvalue weighted by molar-refractivity contribution is 5.79. The maximum absolute atomic E-state index is 13.2. The van der Waals surface area contributed by atoms with E-state index in [4.69, 9.17) is 0 Å². The summed E-state index contributed by atoms with van der Waals surface area (Å²) in [6, 6.07) is 4.15. The van der Waals surface area contributed by atoms with E-state index in [1.807, 2.05) is 0 Å². The molecule has 1 fully saturated rings. The number of nitrogens with zero attached hydrogens (tertiary/aromatic N) is 3. The number of amides is 1. The SMILES string of the molecule is CN(C(=O)Cn1cnc2ccc(F)cc2c1=O)C1CCC1. The van der Waals surface area contributed by atoms with Crippen LogP contribution in [0.1, 0.15) is 19.3 Å². The number of aromatic nitrogens is 2. The maximum atomic E-state index is 13.2. The molecule has 6 heteroatoms. The van der Waals surface area contributed by atoms with Crippen molar-refractivity contribution in [2.75, 3.05) is 7.05 Å². The van der Waals surface area contributed by atoms with Crippen LogP contribution in [0.3, 0.4) is 0 Å². The van der Waals surface area contributed by atoms with Gasteiger partial charge in [-0.3, -0.25) is 14.2 Å². The van der Waals surface area contributed by atoms with E-state index in [1.165, 1.54) is 23.0 Å². The molecule has 110 valence electrons. The standard InChI is InChI=1S/C15H16FN3O2/c1-18(11-3-2-4-11)14(20)8-19-9-17-13-6-5-10(16)7-12(13)15(19)21/h5-7,9,11H,2-4,8H2,1H3. The van der Waals surface area contributed by atoms with Crippen LogP contribution in [0.25, 0.3) is 10.9 Å². The van der Waals surface area contributed by atoms with Crippen LogP contribution in [0.2, 0.25) is 0 Å². The molecule has 0 aliphatic heterocycles. The molecule has 1 amide bonds. The van der Waals surface area contributed by atoms with Gasteiger partial charge in [-0.1, -0.05) is 0 Å². The summed E-state index contributed by atoms with van der Waals surface area (Å²) in [5.74, 6) is -0.614. The van der Waals surface area contributed by atoms with Crippen LogP contribution in [0.15, 0.2) is 29.3 Å². The van der Waals surface area contributed by atoms with E-state index in [1.54, 1.807) is 11.9 Å². The van der Waals surface area contributed by atoms with E-state index in [0.29, 0.717) is 5.52 Å². The predicted octanol–water partition coefficient (Wildman–Crippen LogP) is 1.55. The topological polar surface area (TPSA) is 55.2 Å². The average molecular weight is 289 g/mol. The largest absolute Gasteiger partial charge is 0.341 e. The smallest absolute Gasteiger partial charge is 0.261 e. The minimum atomic E-state index is -0.489. The van der Waals surface area contributed by atoms with Gasteiger partial charge in [0.05, 0.1) is 17.2 Å². The van der Waals surface area contributed by atoms with Crippen molar-refractivity contribution in [1.29, 1.82) is 0 Å². The maximum Gasteiger partial charge on any atom is 0.261 e. The summed E-state index contributed by atoms with van der Waals surface area (Å²) in [6.07, 6.45) is 4.50. The molecule has 0 bridgehead atoms. The van der Waals surface area contributed by atoms with Gasteiger partial charge >= 0.3 is 0 Å². The molecule has 2 aromatic rings. The molecule has 0 spiro atoms. The number of fused-ring (bicyclic) bond motifs is 1. The highest BCUT2D eigenvalue weighted by Crippen LogP contribution is 2.23. The second-order valence-corrected chi connectivity index (χ2v) is 5.43. The first kappa shape index (κ1) is 13.7. The number of halogens is 1. The van der Waals surface area contributed by atoms with Crippen LogP contribution in [-0.2, 0) is 11.3 Å². The summed E-state index contributed by atoms with van der Waals surface area (Å²) in [5.41, 5.74) is 0.0345. The molecule has 5 nitrogen and oxygen atoms in total. The van der Waals surface area contributed by atoms with E-state index in [9.17, 15) is 14.0 Å². The third-order valence-electron chi connectivity index (χ3n) is 4.11. The zero-order valence-electron chi connectivity index (χ0n) is 11.8. The third-order valence-corrected chi connectivity index (χ3v) is 4.11. The van der Waals surface area contributed by atoms with Crippen LogP contribution in [0.5, 0.6) is 0 Å². The lowest BCUT2D eigenvalue weighted by atomic mass is 9.92. The van der Waals surface area contributed by atoms with Crippen molar-refractivity contribution in [2.45, 2.75) is 31.8 Å². The van der Waals surface area contributed by atoms with Crippen molar-refractivity contribution in [2.24, 2.45) is 0 Å². The molecule has 3 rings (SSSR count). The van der Waals surface area contributed by atoms with E-state index in [-0.39, 0.29) is 23.9 Å². The summed E-state index contributed by atoms with van der Waals surface area (Å²) in [7, 11) is 1.76. The van der Waals surface area contributed by atoms with Gasteiger partial charge in [0, 0.05) is 13.1 Å². The van der Waals surface area contributed by atoms with Crippen molar-refractivity contribution < 1.29 is 9.18 Å². The molecule has 0 N–H and O–H groups in total. The van der Waals surface area contributed by atoms with Gasteiger partial charge in [-0.15, -0.1) is 0 Å². The Kier molecular flexibility index (Phi) is 3.45. The minimum absolute atomic E-state index is 0.0642. The third kappa shape index (κ3) is 2.53. The summed E-state index contributed by atoms with van der Waals surface area (Å²) in [5, 5.41) is 0.191. The molecule has 1 heterocycles. The van der Waals surface area contributed by atoms with E-state index in [2.05, 4.69) is 4.98 Å². The summed E-state index contributed by atoms with van der Waals surface area (Å²) >= 11 is 0. The van der Waals surface area contributed by atoms with Gasteiger partial charge in [0.1, 0.15) is 12.4 Å². The molecule has 1 saturated carbocycles. The second-order valence-electron chi connectivity index (χ2n) is 5.43. The lowest BCUT2D eigenvalue weighted by molar-refractivity contribution is -0.134. The molecule has 1 aromatic heterocycles. The van der Waals surface area contributed by atoms with Crippen molar-refractivity contribution >= 4 is 16.8 Å². The lowest BCUT2D eigenvalue weighted by Crippen LogP contribution is -2.43. The van der Waals surface area contributed by atoms with Crippen LogP contribution >= 0.6 is 0 Å². The Labute approximate surface area is 121 Å². The zero-order chi connectivity index (χ0) is 15.0. The van der Waals surface area contributed by atoms with E-state index < -0.39 is 11.4 Å². The van der Waals surface area contributed by atoms with E-state index >= 15 is 0 Å². The average Bonchev–Trinajstić information content (AvgIpc) is 2.40. The number of carbonyl (C=O) groups is 1. The zero-order valence-corrected chi connectivity index (χ0v) is 11.8. The van der Waals surface area contributed by atoms with Gasteiger partial charge in [-0.05, 0) is 37.5 Å². The molecule has 0 radical (unpaired) electrons. The number of hydrogen-bond donors (Lipinski definition) is 0. The molecule has 0 saturated heterocycles. The fourth-order valence-electron chi connectivity index (χ4n) is 2.48. The number of hydrogen-bond acceptors (Lipinski definition) is 3. The molecule has 21 heavy (non-hydrogen) atoms. The van der Waals surface area contributed by atoms with Crippen molar-refractivity contribution in [3.05, 3.63) is 40.7 Å². The van der Waals surface area contributed by atoms with Crippen molar-refractivity contribution in [3.63, 3.8) is 0 Å². The van der Waals surface area contributed by atoms with E-state index in [0.717, 1.165) is 25.3 Å². The minimum Gasteiger partial charge on any atom is -0.341 e. The summed E-state index contributed by atoms with van der Waals surface area (Å²) < 4.78 is 14.5. The Balaban J connectivity index is 1.88. The fraction of sp³-hybridized carbons (Fsp3) is 0.400. The highest BCUT2D eigenvalue weighted by Gasteiger charge is 2.25. The summed E-state index contributed by atoms with van der Waals surface area (Å²) in [6.45, 7) is -0.0642. The van der Waals surface area contributed by atoms with Crippen molar-refractivity contribution in [3.8, 4) is 0 Å². The predicted molar refractivity (Wildman–Crippen MR) is 76.4 cm³/mol. The Morgan fingerprint density at radius 2 is 2.24 bits per heavy atom. The molecule has 0 unspecified atom stereocenters. The van der Waals surface area contributed by atoms with Gasteiger partial charge < -0.3 is 4.90 Å². The quantitative estimate of drug-likeness (QED) is 0.861. The normalized spacial score (nSPS) is 15.0. The Hall–Kier alpha value is -2.24. The molecule has 1 aliphatic rings. The van der Waals surface area contributed by atoms with Crippen molar-refractivity contribution in [1.82, 2.24) is 14.5 Å². The Morgan fingerprint density at radius 3 is 2.90 bits per heavy atom. The lowest BCUT2D eigenvalue weighted by Gasteiger charge is -2.34. The van der Waals surface area contributed by atoms with Crippen LogP contribution in [-0.4, -0.2) is 33.4 Å². The number of rotatable bonds is 3. The fourth-order valence-corrected chi connectivity index (χ4v) is 2.48. The second kappa shape index (κ2) is 5.27. The number of carbonyl (C=O) groups excluding carboxylic acids is 1. The van der Waals surface area contributed by atoms with Gasteiger partial charge in [-0.25, -0.2) is 9.37 Å². The van der Waals surface area contributed by atoms with Gasteiger partial charge in [0.15, 0.2) is 0 Å². The van der Waals surface area contributed by atoms with Gasteiger partial charge in [-0.2, -0.15) is 0 Å². The van der Waals surface area contributed by atoms with Gasteiger partial charge in [0.2, 0.25) is 5.91 Å². The first-order valence-corrected chi connectivity index (χ1v) is 6.96. The Bertz CT molecular complexity index is 752. The monoisotopic (exact) mass is 289 g/mol. The molecular weight excluding hydrogens is 273 g/mol. The Morgan fingerprint density at radius 1 is 1.48 bits per heavy atom. The number of benzene rings is 1. The molecule has 1 aliphatic carbocycles. The van der Waals surface area contributed by atoms with Crippen LogP contribution in [0.4, 0.5) is 4.39 Å². The van der Waals surface area contributed by atoms with Crippen LogP contribution < -0.4 is 5.56 Å². The molecular formula is C15H16FN3O2. The first-order chi connectivity index (χ1) is 10.1.